The molecule has 3 heteroatoms. The number of ether oxygens (including phenoxy) is 1. The number of nitrogens with zero attached hydrogens (tertiary/aromatic N) is 2. The van der Waals surface area contributed by atoms with Crippen LogP contribution < -0.4 is 0 Å². The Balaban J connectivity index is 3.91. The molecule has 0 unspecified atom stereocenters. The molecular weight excluding hydrogens is 176 g/mol. The first-order valence-electron chi connectivity index (χ1n) is 4.78. The van der Waals surface area contributed by atoms with E-state index in [0.717, 1.165) is 0 Å². The number of hydrogen-bond donors (Lipinski definition) is 0. The van der Waals surface area contributed by atoms with Crippen molar-refractivity contribution in [1.82, 2.24) is 0 Å². The van der Waals surface area contributed by atoms with Gasteiger partial charge >= 0.3 is 0 Å². The third-order valence-corrected chi connectivity index (χ3v) is 1.42. The van der Waals surface area contributed by atoms with Crippen LogP contribution in [0.3, 0.4) is 0 Å². The highest BCUT2D eigenvalue weighted by Gasteiger charge is 2.09. The highest BCUT2D eigenvalue weighted by atomic mass is 16.5. The lowest BCUT2D eigenvalue weighted by molar-refractivity contribution is 0.00128. The monoisotopic (exact) mass is 196 g/mol. The predicted molar refractivity (Wildman–Crippen MR) is 62.1 cm³/mol. The zero-order chi connectivity index (χ0) is 11.0. The Bertz CT molecular complexity index is 224. The summed E-state index contributed by atoms with van der Waals surface area (Å²) in [6, 6.07) is 0. The third-order valence-electron chi connectivity index (χ3n) is 1.42. The first kappa shape index (κ1) is 13.0. The summed E-state index contributed by atoms with van der Waals surface area (Å²) in [5, 5.41) is 0. The van der Waals surface area contributed by atoms with Gasteiger partial charge in [-0.3, -0.25) is 0 Å². The standard InChI is InChI=1S/C11H20N2O/c1-6-8-13-10(12-5)7-9-14-11(2,3)4/h6,8H,5,7,9H2,1-4H3/b8-6-,13-10?. The van der Waals surface area contributed by atoms with Crippen molar-refractivity contribution in [2.45, 2.75) is 39.7 Å². The topological polar surface area (TPSA) is 34.0 Å². The van der Waals surface area contributed by atoms with Crippen molar-refractivity contribution in [3.8, 4) is 0 Å². The van der Waals surface area contributed by atoms with Gasteiger partial charge in [0, 0.05) is 12.6 Å². The first-order chi connectivity index (χ1) is 6.49. The quantitative estimate of drug-likeness (QED) is 0.503. The minimum Gasteiger partial charge on any atom is -0.375 e. The maximum absolute atomic E-state index is 5.55. The maximum atomic E-state index is 5.55. The van der Waals surface area contributed by atoms with Crippen LogP contribution in [0.4, 0.5) is 0 Å². The van der Waals surface area contributed by atoms with Crippen LogP contribution >= 0.6 is 0 Å². The molecule has 0 aliphatic heterocycles. The van der Waals surface area contributed by atoms with Crippen LogP contribution in [0.2, 0.25) is 0 Å². The second kappa shape index (κ2) is 6.49. The van der Waals surface area contributed by atoms with E-state index in [1.807, 2.05) is 33.8 Å². The van der Waals surface area contributed by atoms with Gasteiger partial charge in [0.05, 0.1) is 12.2 Å². The minimum absolute atomic E-state index is 0.104. The Kier molecular flexibility index (Phi) is 6.04. The largest absolute Gasteiger partial charge is 0.375 e. The minimum atomic E-state index is -0.104. The van der Waals surface area contributed by atoms with Crippen molar-refractivity contribution >= 4 is 12.6 Å². The lowest BCUT2D eigenvalue weighted by atomic mass is 10.2. The first-order valence-corrected chi connectivity index (χ1v) is 4.78. The zero-order valence-electron chi connectivity index (χ0n) is 9.58. The fraction of sp³-hybridized carbons (Fsp3) is 0.636. The highest BCUT2D eigenvalue weighted by Crippen LogP contribution is 2.07. The smallest absolute Gasteiger partial charge is 0.129 e. The summed E-state index contributed by atoms with van der Waals surface area (Å²) >= 11 is 0. The van der Waals surface area contributed by atoms with Crippen LogP contribution in [0.5, 0.6) is 0 Å². The van der Waals surface area contributed by atoms with Crippen LogP contribution in [0.1, 0.15) is 34.1 Å². The Morgan fingerprint density at radius 2 is 2.07 bits per heavy atom. The van der Waals surface area contributed by atoms with Crippen molar-refractivity contribution < 1.29 is 4.74 Å². The normalized spacial score (nSPS) is 13.6. The fourth-order valence-corrected chi connectivity index (χ4v) is 0.794. The summed E-state index contributed by atoms with van der Waals surface area (Å²) in [7, 11) is 0. The molecule has 0 aromatic carbocycles. The molecule has 0 N–H and O–H groups in total. The van der Waals surface area contributed by atoms with E-state index in [0.29, 0.717) is 18.9 Å². The molecule has 0 amide bonds. The summed E-state index contributed by atoms with van der Waals surface area (Å²) in [4.78, 5) is 7.92. The number of amidine groups is 1. The Hall–Kier alpha value is -0.960. The number of rotatable bonds is 4. The molecule has 3 nitrogen and oxygen atoms in total. The molecule has 0 fully saturated rings. The molecule has 0 saturated carbocycles. The van der Waals surface area contributed by atoms with Crippen molar-refractivity contribution in [1.29, 1.82) is 0 Å². The fourth-order valence-electron chi connectivity index (χ4n) is 0.794. The van der Waals surface area contributed by atoms with E-state index < -0.39 is 0 Å². The lowest BCUT2D eigenvalue weighted by Gasteiger charge is -2.19. The number of hydrogen-bond acceptors (Lipinski definition) is 2. The molecule has 0 aliphatic rings. The van der Waals surface area contributed by atoms with Gasteiger partial charge in [-0.1, -0.05) is 6.08 Å². The van der Waals surface area contributed by atoms with Gasteiger partial charge in [-0.05, 0) is 34.4 Å². The Labute approximate surface area is 86.6 Å². The number of aliphatic imine (C=N–C) groups is 2. The molecule has 0 spiro atoms. The van der Waals surface area contributed by atoms with Crippen LogP contribution in [0.25, 0.3) is 0 Å². The molecule has 0 heterocycles. The predicted octanol–water partition coefficient (Wildman–Crippen LogP) is 2.82. The van der Waals surface area contributed by atoms with Gasteiger partial charge in [-0.25, -0.2) is 9.98 Å². The van der Waals surface area contributed by atoms with Crippen LogP contribution in [0.15, 0.2) is 22.3 Å². The SMILES string of the molecule is C=NC(CCOC(C)(C)C)=N/C=C\C. The summed E-state index contributed by atoms with van der Waals surface area (Å²) in [5.41, 5.74) is -0.104. The summed E-state index contributed by atoms with van der Waals surface area (Å²) in [5.74, 6) is 0.715. The molecular formula is C11H20N2O. The van der Waals surface area contributed by atoms with Gasteiger partial charge in [0.1, 0.15) is 5.84 Å². The summed E-state index contributed by atoms with van der Waals surface area (Å²) < 4.78 is 5.55. The van der Waals surface area contributed by atoms with Crippen LogP contribution in [-0.4, -0.2) is 24.8 Å². The average Bonchev–Trinajstić information content (AvgIpc) is 2.09. The Morgan fingerprint density at radius 1 is 1.43 bits per heavy atom. The number of allylic oxidation sites excluding steroid dienone is 1. The van der Waals surface area contributed by atoms with Gasteiger partial charge in [-0.2, -0.15) is 0 Å². The molecule has 0 aromatic heterocycles. The van der Waals surface area contributed by atoms with Crippen LogP contribution in [-0.2, 0) is 4.74 Å². The zero-order valence-corrected chi connectivity index (χ0v) is 9.58. The van der Waals surface area contributed by atoms with Crippen molar-refractivity contribution in [3.05, 3.63) is 12.3 Å². The lowest BCUT2D eigenvalue weighted by Crippen LogP contribution is -2.20. The second-order valence-electron chi connectivity index (χ2n) is 3.90. The summed E-state index contributed by atoms with van der Waals surface area (Å²) in [6.45, 7) is 12.1. The van der Waals surface area contributed by atoms with Gasteiger partial charge in [0.25, 0.3) is 0 Å². The molecule has 0 aromatic rings. The molecule has 80 valence electrons. The van der Waals surface area contributed by atoms with E-state index in [1.165, 1.54) is 0 Å². The van der Waals surface area contributed by atoms with E-state index in [1.54, 1.807) is 6.20 Å². The van der Waals surface area contributed by atoms with Gasteiger partial charge in [0.15, 0.2) is 0 Å². The van der Waals surface area contributed by atoms with E-state index in [-0.39, 0.29) is 5.60 Å². The van der Waals surface area contributed by atoms with Gasteiger partial charge in [-0.15, -0.1) is 0 Å². The Morgan fingerprint density at radius 3 is 2.50 bits per heavy atom. The van der Waals surface area contributed by atoms with Gasteiger partial charge in [0.2, 0.25) is 0 Å². The summed E-state index contributed by atoms with van der Waals surface area (Å²) in [6.07, 6.45) is 4.27. The van der Waals surface area contributed by atoms with E-state index >= 15 is 0 Å². The van der Waals surface area contributed by atoms with Crippen LogP contribution in [0, 0.1) is 0 Å². The molecule has 0 bridgehead atoms. The third kappa shape index (κ3) is 7.68. The maximum Gasteiger partial charge on any atom is 0.129 e. The molecule has 0 rings (SSSR count). The van der Waals surface area contributed by atoms with E-state index in [4.69, 9.17) is 4.74 Å². The molecule has 0 atom stereocenters. The molecule has 0 radical (unpaired) electrons. The van der Waals surface area contributed by atoms with E-state index in [9.17, 15) is 0 Å². The molecule has 0 saturated heterocycles. The second-order valence-corrected chi connectivity index (χ2v) is 3.90. The van der Waals surface area contributed by atoms with Crippen molar-refractivity contribution in [2.24, 2.45) is 9.98 Å². The van der Waals surface area contributed by atoms with Crippen molar-refractivity contribution in [2.75, 3.05) is 6.61 Å². The highest BCUT2D eigenvalue weighted by molar-refractivity contribution is 5.86. The van der Waals surface area contributed by atoms with Gasteiger partial charge < -0.3 is 4.74 Å². The van der Waals surface area contributed by atoms with Crippen molar-refractivity contribution in [3.63, 3.8) is 0 Å². The molecule has 14 heavy (non-hydrogen) atoms. The average molecular weight is 196 g/mol. The van der Waals surface area contributed by atoms with E-state index in [2.05, 4.69) is 16.7 Å². The molecule has 0 aliphatic carbocycles.